The van der Waals surface area contributed by atoms with Crippen molar-refractivity contribution in [1.82, 2.24) is 10.7 Å². The van der Waals surface area contributed by atoms with Crippen LogP contribution in [0, 0.1) is 4.91 Å². The summed E-state index contributed by atoms with van der Waals surface area (Å²) in [7, 11) is 0. The molecule has 0 unspecified atom stereocenters. The molecule has 0 spiro atoms. The van der Waals surface area contributed by atoms with E-state index >= 15 is 0 Å². The fraction of sp³-hybridized carbons (Fsp3) is 0.667. The van der Waals surface area contributed by atoms with Crippen LogP contribution < -0.4 is 10.7 Å². The topological polar surface area (TPSA) is 70.6 Å². The second kappa shape index (κ2) is 4.58. The van der Waals surface area contributed by atoms with Crippen LogP contribution in [-0.4, -0.2) is 16.4 Å². The monoisotopic (exact) mass is 219 g/mol. The number of urea groups is 1. The number of carbonyl (C=O) groups excluding carboxylic acids is 1. The standard InChI is InChI=1S/C3H4Cl3N3O2/c4-3(5,6)1-7-2(10)8-9-11/h1H2,(H2,7,8,10,11). The number of carbonyl (C=O) groups is 1. The van der Waals surface area contributed by atoms with Crippen molar-refractivity contribution in [2.75, 3.05) is 6.54 Å². The lowest BCUT2D eigenvalue weighted by atomic mass is 10.7. The number of nitrogens with one attached hydrogen (secondary N) is 2. The van der Waals surface area contributed by atoms with E-state index in [-0.39, 0.29) is 6.54 Å². The highest BCUT2D eigenvalue weighted by Gasteiger charge is 2.19. The normalized spacial score (nSPS) is 10.5. The van der Waals surface area contributed by atoms with Gasteiger partial charge in [0.1, 0.15) is 0 Å². The van der Waals surface area contributed by atoms with Gasteiger partial charge in [0.15, 0.2) is 0 Å². The first-order valence-electron chi connectivity index (χ1n) is 2.38. The van der Waals surface area contributed by atoms with Gasteiger partial charge in [-0.25, -0.2) is 4.79 Å². The van der Waals surface area contributed by atoms with Crippen molar-refractivity contribution < 1.29 is 4.79 Å². The molecule has 0 aliphatic rings. The van der Waals surface area contributed by atoms with Crippen LogP contribution >= 0.6 is 34.8 Å². The third-order valence-corrected chi connectivity index (χ3v) is 0.997. The lowest BCUT2D eigenvalue weighted by molar-refractivity contribution is 0.241. The molecule has 11 heavy (non-hydrogen) atoms. The van der Waals surface area contributed by atoms with Gasteiger partial charge in [-0.05, 0) is 0 Å². The van der Waals surface area contributed by atoms with E-state index in [9.17, 15) is 9.70 Å². The summed E-state index contributed by atoms with van der Waals surface area (Å²) < 4.78 is -1.57. The predicted molar refractivity (Wildman–Crippen MR) is 42.6 cm³/mol. The van der Waals surface area contributed by atoms with Crippen LogP contribution in [-0.2, 0) is 0 Å². The lowest BCUT2D eigenvalue weighted by Crippen LogP contribution is -2.37. The SMILES string of the molecule is O=NNC(=O)NCC(Cl)(Cl)Cl. The minimum Gasteiger partial charge on any atom is -0.332 e. The predicted octanol–water partition coefficient (Wildman–Crippen LogP) is 1.34. The Morgan fingerprint density at radius 3 is 2.36 bits per heavy atom. The molecule has 0 aliphatic carbocycles. The van der Waals surface area contributed by atoms with Crippen molar-refractivity contribution in [3.63, 3.8) is 0 Å². The van der Waals surface area contributed by atoms with Crippen LogP contribution in [0.3, 0.4) is 0 Å². The number of hydrogen-bond acceptors (Lipinski definition) is 3. The molecule has 0 aromatic carbocycles. The second-order valence-corrected chi connectivity index (χ2v) is 4.02. The third-order valence-electron chi connectivity index (χ3n) is 0.597. The van der Waals surface area contributed by atoms with Gasteiger partial charge >= 0.3 is 6.03 Å². The first-order chi connectivity index (χ1) is 4.95. The molecule has 0 aromatic rings. The Bertz CT molecular complexity index is 156. The van der Waals surface area contributed by atoms with E-state index in [1.165, 1.54) is 0 Å². The number of nitroso groups, excluding NO2 is 1. The molecule has 0 fully saturated rings. The van der Waals surface area contributed by atoms with Crippen LogP contribution in [0.25, 0.3) is 0 Å². The van der Waals surface area contributed by atoms with Gasteiger partial charge in [-0.1, -0.05) is 34.8 Å². The van der Waals surface area contributed by atoms with E-state index < -0.39 is 9.82 Å². The highest BCUT2D eigenvalue weighted by molar-refractivity contribution is 6.67. The Labute approximate surface area is 77.3 Å². The minimum atomic E-state index is -1.57. The maximum atomic E-state index is 10.4. The minimum absolute atomic E-state index is 0.195. The molecule has 0 aromatic heterocycles. The average molecular weight is 220 g/mol. The van der Waals surface area contributed by atoms with Gasteiger partial charge in [0.25, 0.3) is 0 Å². The van der Waals surface area contributed by atoms with Gasteiger partial charge < -0.3 is 5.32 Å². The van der Waals surface area contributed by atoms with Gasteiger partial charge in [0.05, 0.1) is 11.8 Å². The maximum Gasteiger partial charge on any atom is 0.337 e. The lowest BCUT2D eigenvalue weighted by Gasteiger charge is -2.10. The maximum absolute atomic E-state index is 10.4. The summed E-state index contributed by atoms with van der Waals surface area (Å²) in [6.45, 7) is -0.195. The molecule has 64 valence electrons. The molecular weight excluding hydrogens is 216 g/mol. The summed E-state index contributed by atoms with van der Waals surface area (Å²) in [5.74, 6) is 0. The van der Waals surface area contributed by atoms with E-state index in [1.807, 2.05) is 0 Å². The van der Waals surface area contributed by atoms with E-state index in [4.69, 9.17) is 34.8 Å². The number of alkyl halides is 3. The van der Waals surface area contributed by atoms with Crippen molar-refractivity contribution in [3.05, 3.63) is 4.91 Å². The second-order valence-electron chi connectivity index (χ2n) is 1.50. The van der Waals surface area contributed by atoms with Gasteiger partial charge in [0.2, 0.25) is 3.79 Å². The number of rotatable bonds is 2. The summed E-state index contributed by atoms with van der Waals surface area (Å²) in [4.78, 5) is 19.8. The van der Waals surface area contributed by atoms with Crippen molar-refractivity contribution in [3.8, 4) is 0 Å². The smallest absolute Gasteiger partial charge is 0.332 e. The highest BCUT2D eigenvalue weighted by atomic mass is 35.6. The number of halogens is 3. The number of hydrogen-bond donors (Lipinski definition) is 2. The molecule has 0 heterocycles. The van der Waals surface area contributed by atoms with E-state index in [0.717, 1.165) is 0 Å². The molecule has 0 bridgehead atoms. The Kier molecular flexibility index (Phi) is 4.48. The molecule has 0 saturated carbocycles. The third kappa shape index (κ3) is 7.64. The Morgan fingerprint density at radius 1 is 1.45 bits per heavy atom. The van der Waals surface area contributed by atoms with Crippen molar-refractivity contribution >= 4 is 40.8 Å². The molecule has 0 rings (SSSR count). The van der Waals surface area contributed by atoms with Crippen molar-refractivity contribution in [2.45, 2.75) is 3.79 Å². The Morgan fingerprint density at radius 2 is 2.00 bits per heavy atom. The number of nitrogens with zero attached hydrogens (tertiary/aromatic N) is 1. The largest absolute Gasteiger partial charge is 0.337 e. The molecule has 5 nitrogen and oxygen atoms in total. The molecule has 0 saturated heterocycles. The fourth-order valence-corrected chi connectivity index (χ4v) is 0.462. The molecule has 2 amide bonds. The van der Waals surface area contributed by atoms with E-state index in [2.05, 4.69) is 10.6 Å². The highest BCUT2D eigenvalue weighted by Crippen LogP contribution is 2.24. The van der Waals surface area contributed by atoms with Crippen LogP contribution in [0.4, 0.5) is 4.79 Å². The van der Waals surface area contributed by atoms with Gasteiger partial charge in [0, 0.05) is 0 Å². The number of amides is 2. The van der Waals surface area contributed by atoms with E-state index in [0.29, 0.717) is 0 Å². The van der Waals surface area contributed by atoms with Crippen LogP contribution in [0.5, 0.6) is 0 Å². The van der Waals surface area contributed by atoms with Gasteiger partial charge in [-0.15, -0.1) is 4.91 Å². The molecule has 8 heteroatoms. The summed E-state index contributed by atoms with van der Waals surface area (Å²) in [6, 6.07) is -0.814. The van der Waals surface area contributed by atoms with Crippen LogP contribution in [0.15, 0.2) is 5.29 Å². The zero-order valence-corrected chi connectivity index (χ0v) is 7.37. The first kappa shape index (κ1) is 10.7. The zero-order valence-electron chi connectivity index (χ0n) is 5.10. The molecule has 0 radical (unpaired) electrons. The fourth-order valence-electron chi connectivity index (χ4n) is 0.261. The van der Waals surface area contributed by atoms with Crippen molar-refractivity contribution in [1.29, 1.82) is 0 Å². The quantitative estimate of drug-likeness (QED) is 0.419. The van der Waals surface area contributed by atoms with E-state index in [1.54, 1.807) is 5.43 Å². The van der Waals surface area contributed by atoms with Crippen LogP contribution in [0.1, 0.15) is 0 Å². The molecular formula is C3H4Cl3N3O2. The first-order valence-corrected chi connectivity index (χ1v) is 3.52. The molecule has 0 aliphatic heterocycles. The molecule has 0 atom stereocenters. The van der Waals surface area contributed by atoms with Crippen LogP contribution in [0.2, 0.25) is 0 Å². The van der Waals surface area contributed by atoms with Crippen molar-refractivity contribution in [2.24, 2.45) is 5.29 Å². The summed E-state index contributed by atoms with van der Waals surface area (Å²) in [5, 5.41) is 4.18. The summed E-state index contributed by atoms with van der Waals surface area (Å²) >= 11 is 15.8. The average Bonchev–Trinajstić information content (AvgIpc) is 1.83. The zero-order chi connectivity index (χ0) is 8.91. The Balaban J connectivity index is 3.54. The summed E-state index contributed by atoms with van der Waals surface area (Å²) in [5.41, 5.74) is 1.56. The molecule has 2 N–H and O–H groups in total. The summed E-state index contributed by atoms with van der Waals surface area (Å²) in [6.07, 6.45) is 0. The Hall–Kier alpha value is -0.260. The van der Waals surface area contributed by atoms with Gasteiger partial charge in [-0.2, -0.15) is 5.43 Å². The van der Waals surface area contributed by atoms with Gasteiger partial charge in [-0.3, -0.25) is 0 Å².